The van der Waals surface area contributed by atoms with Crippen LogP contribution in [0.1, 0.15) is 55.3 Å². The number of benzene rings is 3. The minimum atomic E-state index is -0.731. The maximum Gasteiger partial charge on any atom is 0.295 e. The molecule has 1 aliphatic rings. The minimum Gasteiger partial charge on any atom is -0.507 e. The molecule has 210 valence electrons. The molecule has 3 aromatic rings. The summed E-state index contributed by atoms with van der Waals surface area (Å²) in [6.45, 7) is 3.95. The third-order valence-corrected chi connectivity index (χ3v) is 6.88. The predicted octanol–water partition coefficient (Wildman–Crippen LogP) is 6.29. The van der Waals surface area contributed by atoms with Crippen LogP contribution in [0, 0.1) is 0 Å². The van der Waals surface area contributed by atoms with Crippen LogP contribution in [0.3, 0.4) is 0 Å². The van der Waals surface area contributed by atoms with Gasteiger partial charge in [-0.3, -0.25) is 9.59 Å². The second-order valence-corrected chi connectivity index (χ2v) is 9.76. The number of likely N-dealkylation sites (tertiary alicyclic amines) is 1. The van der Waals surface area contributed by atoms with Crippen LogP contribution in [0.25, 0.3) is 5.76 Å². The van der Waals surface area contributed by atoms with Gasteiger partial charge in [0.25, 0.3) is 11.7 Å². The van der Waals surface area contributed by atoms with E-state index in [0.717, 1.165) is 24.8 Å². The number of ketones is 1. The monoisotopic (exact) mass is 543 g/mol. The van der Waals surface area contributed by atoms with Gasteiger partial charge in [-0.15, -0.1) is 0 Å². The van der Waals surface area contributed by atoms with Crippen LogP contribution in [0.2, 0.25) is 0 Å². The molecule has 1 unspecified atom stereocenters. The van der Waals surface area contributed by atoms with Crippen molar-refractivity contribution in [3.05, 3.63) is 101 Å². The van der Waals surface area contributed by atoms with Crippen molar-refractivity contribution in [3.8, 4) is 11.5 Å². The van der Waals surface area contributed by atoms with Crippen molar-refractivity contribution in [2.24, 2.45) is 0 Å². The van der Waals surface area contributed by atoms with Crippen molar-refractivity contribution >= 4 is 17.4 Å². The maximum absolute atomic E-state index is 13.3. The molecular formula is C33H37NO6. The topological polar surface area (TPSA) is 85.3 Å². The summed E-state index contributed by atoms with van der Waals surface area (Å²) in [6, 6.07) is 23.4. The van der Waals surface area contributed by atoms with Crippen molar-refractivity contribution in [2.45, 2.75) is 45.3 Å². The van der Waals surface area contributed by atoms with Crippen molar-refractivity contribution < 1.29 is 28.9 Å². The lowest BCUT2D eigenvalue weighted by Gasteiger charge is -2.25. The minimum absolute atomic E-state index is 0.0667. The number of aliphatic hydroxyl groups excluding tert-OH is 1. The van der Waals surface area contributed by atoms with Crippen LogP contribution in [0.4, 0.5) is 0 Å². The van der Waals surface area contributed by atoms with E-state index >= 15 is 0 Å². The van der Waals surface area contributed by atoms with Gasteiger partial charge in [-0.2, -0.15) is 0 Å². The Labute approximate surface area is 236 Å². The first kappa shape index (κ1) is 28.9. The molecule has 7 heteroatoms. The quantitative estimate of drug-likeness (QED) is 0.111. The predicted molar refractivity (Wildman–Crippen MR) is 154 cm³/mol. The molecule has 1 heterocycles. The zero-order valence-electron chi connectivity index (χ0n) is 23.2. The SMILES string of the molecule is CCCCCOc1ccc(/C(O)=C2/C(=O)C(=O)N(CCCOC)C2c2ccc(OCc3ccccc3)cc2)cc1. The Morgan fingerprint density at radius 1 is 0.825 bits per heavy atom. The number of rotatable bonds is 14. The van der Waals surface area contributed by atoms with Crippen molar-refractivity contribution in [1.29, 1.82) is 0 Å². The standard InChI is InChI=1S/C33H37NO6/c1-3-4-8-22-39-27-18-14-26(15-19-27)31(35)29-30(34(20-9-21-38-2)33(37)32(29)36)25-12-16-28(17-13-25)40-23-24-10-6-5-7-11-24/h5-7,10-19,30,35H,3-4,8-9,20-23H2,1-2H3/b31-29-. The van der Waals surface area contributed by atoms with Gasteiger partial charge in [0.1, 0.15) is 23.9 Å². The summed E-state index contributed by atoms with van der Waals surface area (Å²) in [6.07, 6.45) is 3.75. The Morgan fingerprint density at radius 3 is 2.17 bits per heavy atom. The summed E-state index contributed by atoms with van der Waals surface area (Å²) in [7, 11) is 1.59. The Kier molecular flexibility index (Phi) is 10.4. The fraction of sp³-hybridized carbons (Fsp3) is 0.333. The summed E-state index contributed by atoms with van der Waals surface area (Å²) in [5.41, 5.74) is 2.28. The smallest absolute Gasteiger partial charge is 0.295 e. The average molecular weight is 544 g/mol. The molecule has 1 N–H and O–H groups in total. The molecule has 1 atom stereocenters. The van der Waals surface area contributed by atoms with Gasteiger partial charge in [-0.05, 0) is 60.4 Å². The number of methoxy groups -OCH3 is 1. The van der Waals surface area contributed by atoms with E-state index < -0.39 is 17.7 Å². The highest BCUT2D eigenvalue weighted by molar-refractivity contribution is 6.46. The van der Waals surface area contributed by atoms with Crippen molar-refractivity contribution in [1.82, 2.24) is 4.90 Å². The number of hydrogen-bond acceptors (Lipinski definition) is 6. The summed E-state index contributed by atoms with van der Waals surface area (Å²) in [5.74, 6) is -0.194. The molecule has 0 radical (unpaired) electrons. The first-order valence-corrected chi connectivity index (χ1v) is 13.8. The Hall–Kier alpha value is -4.10. The molecule has 1 fully saturated rings. The number of carbonyl (C=O) groups is 2. The number of Topliss-reactive ketones (excluding diaryl/α,β-unsaturated/α-hetero) is 1. The van der Waals surface area contributed by atoms with Gasteiger partial charge in [0, 0.05) is 25.8 Å². The van der Waals surface area contributed by atoms with Gasteiger partial charge >= 0.3 is 0 Å². The molecule has 1 aliphatic heterocycles. The summed E-state index contributed by atoms with van der Waals surface area (Å²) >= 11 is 0. The lowest BCUT2D eigenvalue weighted by Crippen LogP contribution is -2.31. The van der Waals surface area contributed by atoms with E-state index in [1.54, 1.807) is 31.4 Å². The molecule has 0 bridgehead atoms. The second kappa shape index (κ2) is 14.3. The molecule has 4 rings (SSSR count). The van der Waals surface area contributed by atoms with Crippen LogP contribution < -0.4 is 9.47 Å². The summed E-state index contributed by atoms with van der Waals surface area (Å²) in [5, 5.41) is 11.3. The molecule has 0 saturated carbocycles. The second-order valence-electron chi connectivity index (χ2n) is 9.76. The fourth-order valence-corrected chi connectivity index (χ4v) is 4.73. The fourth-order valence-electron chi connectivity index (χ4n) is 4.73. The maximum atomic E-state index is 13.3. The van der Waals surface area contributed by atoms with Gasteiger partial charge in [-0.25, -0.2) is 0 Å². The molecule has 0 aliphatic carbocycles. The van der Waals surface area contributed by atoms with Gasteiger partial charge in [0.15, 0.2) is 0 Å². The largest absolute Gasteiger partial charge is 0.507 e. The molecule has 40 heavy (non-hydrogen) atoms. The van der Waals surface area contributed by atoms with Crippen LogP contribution >= 0.6 is 0 Å². The number of ether oxygens (including phenoxy) is 3. The van der Waals surface area contributed by atoms with Gasteiger partial charge < -0.3 is 24.2 Å². The van der Waals surface area contributed by atoms with Crippen LogP contribution in [0.15, 0.2) is 84.4 Å². The van der Waals surface area contributed by atoms with Crippen LogP contribution in [-0.4, -0.2) is 48.6 Å². The lowest BCUT2D eigenvalue weighted by molar-refractivity contribution is -0.140. The number of aliphatic hydroxyl groups is 1. The van der Waals surface area contributed by atoms with E-state index in [1.807, 2.05) is 54.6 Å². The highest BCUT2D eigenvalue weighted by Crippen LogP contribution is 2.40. The number of amides is 1. The van der Waals surface area contributed by atoms with E-state index in [4.69, 9.17) is 14.2 Å². The first-order valence-electron chi connectivity index (χ1n) is 13.8. The number of carbonyl (C=O) groups excluding carboxylic acids is 2. The summed E-state index contributed by atoms with van der Waals surface area (Å²) < 4.78 is 16.9. The number of unbranched alkanes of at least 4 members (excludes halogenated alkanes) is 2. The number of nitrogens with zero attached hydrogens (tertiary/aromatic N) is 1. The van der Waals surface area contributed by atoms with E-state index in [-0.39, 0.29) is 11.3 Å². The third kappa shape index (κ3) is 7.10. The first-order chi connectivity index (χ1) is 19.5. The van der Waals surface area contributed by atoms with Crippen LogP contribution in [-0.2, 0) is 20.9 Å². The third-order valence-electron chi connectivity index (χ3n) is 6.88. The van der Waals surface area contributed by atoms with Crippen molar-refractivity contribution in [2.75, 3.05) is 26.9 Å². The Balaban J connectivity index is 1.59. The molecule has 7 nitrogen and oxygen atoms in total. The number of hydrogen-bond donors (Lipinski definition) is 1. The van der Waals surface area contributed by atoms with E-state index in [2.05, 4.69) is 6.92 Å². The molecule has 1 amide bonds. The lowest BCUT2D eigenvalue weighted by atomic mass is 9.95. The van der Waals surface area contributed by atoms with Gasteiger partial charge in [0.2, 0.25) is 0 Å². The average Bonchev–Trinajstić information content (AvgIpc) is 3.24. The molecule has 0 aromatic heterocycles. The van der Waals surface area contributed by atoms with Gasteiger partial charge in [-0.1, -0.05) is 62.2 Å². The Bertz CT molecular complexity index is 1280. The van der Waals surface area contributed by atoms with E-state index in [9.17, 15) is 14.7 Å². The highest BCUT2D eigenvalue weighted by atomic mass is 16.5. The zero-order chi connectivity index (χ0) is 28.3. The zero-order valence-corrected chi connectivity index (χ0v) is 23.2. The molecule has 3 aromatic carbocycles. The molecule has 0 spiro atoms. The summed E-state index contributed by atoms with van der Waals surface area (Å²) in [4.78, 5) is 27.9. The highest BCUT2D eigenvalue weighted by Gasteiger charge is 2.45. The van der Waals surface area contributed by atoms with Crippen LogP contribution in [0.5, 0.6) is 11.5 Å². The van der Waals surface area contributed by atoms with Gasteiger partial charge in [0.05, 0.1) is 18.2 Å². The van der Waals surface area contributed by atoms with E-state index in [1.165, 1.54) is 4.90 Å². The van der Waals surface area contributed by atoms with Crippen molar-refractivity contribution in [3.63, 3.8) is 0 Å². The molecule has 1 saturated heterocycles. The molecular weight excluding hydrogens is 506 g/mol. The van der Waals surface area contributed by atoms with E-state index in [0.29, 0.717) is 55.4 Å². The Morgan fingerprint density at radius 2 is 1.50 bits per heavy atom. The normalized spacial score (nSPS) is 16.4.